The molecular weight excluding hydrogens is 310 g/mol. The van der Waals surface area contributed by atoms with Crippen molar-refractivity contribution in [2.24, 2.45) is 11.8 Å². The molecule has 100 valence electrons. The lowest BCUT2D eigenvalue weighted by atomic mass is 9.85. The first-order valence-electron chi connectivity index (χ1n) is 6.64. The van der Waals surface area contributed by atoms with E-state index in [1.54, 1.807) is 0 Å². The lowest BCUT2D eigenvalue weighted by molar-refractivity contribution is 0.297. The van der Waals surface area contributed by atoms with Gasteiger partial charge >= 0.3 is 0 Å². The largest absolute Gasteiger partial charge is 0.368 e. The molecule has 3 atom stereocenters. The Morgan fingerprint density at radius 2 is 2.06 bits per heavy atom. The topological polar surface area (TPSA) is 3.24 Å². The average molecular weight is 331 g/mol. The Bertz CT molecular complexity index is 421. The Morgan fingerprint density at radius 1 is 1.33 bits per heavy atom. The van der Waals surface area contributed by atoms with E-state index >= 15 is 0 Å². The van der Waals surface area contributed by atoms with Crippen molar-refractivity contribution in [2.75, 3.05) is 11.4 Å². The first kappa shape index (κ1) is 14.2. The van der Waals surface area contributed by atoms with Gasteiger partial charge in [0.25, 0.3) is 0 Å². The summed E-state index contributed by atoms with van der Waals surface area (Å²) in [6.07, 6.45) is 1.32. The van der Waals surface area contributed by atoms with Crippen molar-refractivity contribution >= 4 is 33.2 Å². The molecule has 0 aromatic heterocycles. The summed E-state index contributed by atoms with van der Waals surface area (Å²) < 4.78 is 0. The van der Waals surface area contributed by atoms with E-state index in [9.17, 15) is 0 Å². The SMILES string of the molecule is CC1CC(C)C(C)N(c2cc(Cl)ccc2CBr)C1. The predicted octanol–water partition coefficient (Wildman–Crippen LogP) is 5.11. The number of hydrogen-bond acceptors (Lipinski definition) is 1. The third-order valence-electron chi connectivity index (χ3n) is 4.10. The number of alkyl halides is 1. The molecule has 0 aliphatic carbocycles. The number of benzene rings is 1. The zero-order chi connectivity index (χ0) is 13.3. The van der Waals surface area contributed by atoms with Crippen LogP contribution in [0.4, 0.5) is 5.69 Å². The fraction of sp³-hybridized carbons (Fsp3) is 0.600. The minimum absolute atomic E-state index is 0.581. The molecule has 0 bridgehead atoms. The minimum atomic E-state index is 0.581. The van der Waals surface area contributed by atoms with Crippen LogP contribution in [0.15, 0.2) is 18.2 Å². The van der Waals surface area contributed by atoms with Gasteiger partial charge in [0.15, 0.2) is 0 Å². The highest BCUT2D eigenvalue weighted by molar-refractivity contribution is 9.08. The molecule has 3 heteroatoms. The molecule has 1 aromatic rings. The van der Waals surface area contributed by atoms with Crippen molar-refractivity contribution in [3.8, 4) is 0 Å². The molecule has 0 saturated carbocycles. The van der Waals surface area contributed by atoms with Crippen molar-refractivity contribution in [3.05, 3.63) is 28.8 Å². The molecule has 1 heterocycles. The predicted molar refractivity (Wildman–Crippen MR) is 83.8 cm³/mol. The lowest BCUT2D eigenvalue weighted by Gasteiger charge is -2.43. The molecule has 2 rings (SSSR count). The fourth-order valence-electron chi connectivity index (χ4n) is 2.95. The average Bonchev–Trinajstić information content (AvgIpc) is 2.33. The molecule has 1 aromatic carbocycles. The molecule has 1 fully saturated rings. The van der Waals surface area contributed by atoms with E-state index in [2.05, 4.69) is 53.7 Å². The van der Waals surface area contributed by atoms with Gasteiger partial charge in [-0.15, -0.1) is 0 Å². The Labute approximate surface area is 124 Å². The monoisotopic (exact) mass is 329 g/mol. The number of piperidine rings is 1. The highest BCUT2D eigenvalue weighted by Crippen LogP contribution is 2.35. The molecule has 0 radical (unpaired) electrons. The van der Waals surface area contributed by atoms with Gasteiger partial charge in [0.2, 0.25) is 0 Å². The summed E-state index contributed by atoms with van der Waals surface area (Å²) in [5, 5.41) is 1.71. The highest BCUT2D eigenvalue weighted by Gasteiger charge is 2.29. The van der Waals surface area contributed by atoms with E-state index in [0.29, 0.717) is 6.04 Å². The number of nitrogens with zero attached hydrogens (tertiary/aromatic N) is 1. The summed E-state index contributed by atoms with van der Waals surface area (Å²) in [5.74, 6) is 1.48. The van der Waals surface area contributed by atoms with Crippen LogP contribution in [0, 0.1) is 11.8 Å². The second kappa shape index (κ2) is 5.83. The Balaban J connectivity index is 2.37. The van der Waals surface area contributed by atoms with E-state index in [1.807, 2.05) is 6.07 Å². The zero-order valence-corrected chi connectivity index (χ0v) is 13.6. The van der Waals surface area contributed by atoms with Crippen LogP contribution in [0.3, 0.4) is 0 Å². The summed E-state index contributed by atoms with van der Waals surface area (Å²) in [4.78, 5) is 2.53. The lowest BCUT2D eigenvalue weighted by Crippen LogP contribution is -2.46. The molecule has 1 aliphatic rings. The van der Waals surface area contributed by atoms with Gasteiger partial charge in [0.05, 0.1) is 0 Å². The molecule has 0 N–H and O–H groups in total. The first-order chi connectivity index (χ1) is 8.52. The molecule has 18 heavy (non-hydrogen) atoms. The zero-order valence-electron chi connectivity index (χ0n) is 11.3. The van der Waals surface area contributed by atoms with Crippen molar-refractivity contribution in [3.63, 3.8) is 0 Å². The van der Waals surface area contributed by atoms with Gasteiger partial charge in [-0.1, -0.05) is 47.4 Å². The first-order valence-corrected chi connectivity index (χ1v) is 8.14. The minimum Gasteiger partial charge on any atom is -0.368 e. The Morgan fingerprint density at radius 3 is 2.72 bits per heavy atom. The fourth-order valence-corrected chi connectivity index (χ4v) is 3.59. The second-order valence-electron chi connectivity index (χ2n) is 5.62. The molecule has 1 saturated heterocycles. The van der Waals surface area contributed by atoms with E-state index in [-0.39, 0.29) is 0 Å². The third kappa shape index (κ3) is 2.85. The van der Waals surface area contributed by atoms with Crippen molar-refractivity contribution in [1.82, 2.24) is 0 Å². The molecule has 0 amide bonds. The van der Waals surface area contributed by atoms with E-state index < -0.39 is 0 Å². The van der Waals surface area contributed by atoms with Gasteiger partial charge in [-0.2, -0.15) is 0 Å². The van der Waals surface area contributed by atoms with Crippen LogP contribution in [-0.2, 0) is 5.33 Å². The van der Waals surface area contributed by atoms with Crippen molar-refractivity contribution < 1.29 is 0 Å². The highest BCUT2D eigenvalue weighted by atomic mass is 79.9. The van der Waals surface area contributed by atoms with Gasteiger partial charge in [0, 0.05) is 28.6 Å². The van der Waals surface area contributed by atoms with Gasteiger partial charge in [0.1, 0.15) is 0 Å². The summed E-state index contributed by atoms with van der Waals surface area (Å²) in [7, 11) is 0. The molecule has 3 unspecified atom stereocenters. The van der Waals surface area contributed by atoms with Crippen molar-refractivity contribution in [2.45, 2.75) is 38.6 Å². The van der Waals surface area contributed by atoms with Crippen LogP contribution in [0.25, 0.3) is 0 Å². The molecular formula is C15H21BrClN. The standard InChI is InChI=1S/C15H21BrClN/c1-10-6-11(2)12(3)18(9-10)15-7-14(17)5-4-13(15)8-16/h4-5,7,10-12H,6,8-9H2,1-3H3. The van der Waals surface area contributed by atoms with Gasteiger partial charge in [-0.3, -0.25) is 0 Å². The van der Waals surface area contributed by atoms with Crippen LogP contribution in [0.1, 0.15) is 32.8 Å². The van der Waals surface area contributed by atoms with Crippen LogP contribution < -0.4 is 4.90 Å². The molecule has 1 nitrogen and oxygen atoms in total. The van der Waals surface area contributed by atoms with E-state index in [4.69, 9.17) is 11.6 Å². The smallest absolute Gasteiger partial charge is 0.0426 e. The summed E-state index contributed by atoms with van der Waals surface area (Å²) in [5.41, 5.74) is 2.62. The second-order valence-corrected chi connectivity index (χ2v) is 6.61. The number of rotatable bonds is 2. The van der Waals surface area contributed by atoms with Crippen molar-refractivity contribution in [1.29, 1.82) is 0 Å². The third-order valence-corrected chi connectivity index (χ3v) is 4.94. The number of anilines is 1. The van der Waals surface area contributed by atoms with Gasteiger partial charge in [-0.05, 0) is 42.9 Å². The van der Waals surface area contributed by atoms with Crippen LogP contribution in [0.5, 0.6) is 0 Å². The number of hydrogen-bond donors (Lipinski definition) is 0. The quantitative estimate of drug-likeness (QED) is 0.681. The number of halogens is 2. The maximum atomic E-state index is 6.17. The molecule has 0 spiro atoms. The van der Waals surface area contributed by atoms with E-state index in [0.717, 1.165) is 28.7 Å². The summed E-state index contributed by atoms with van der Waals surface area (Å²) in [6, 6.07) is 6.79. The summed E-state index contributed by atoms with van der Waals surface area (Å²) in [6.45, 7) is 8.15. The van der Waals surface area contributed by atoms with Gasteiger partial charge in [-0.25, -0.2) is 0 Å². The van der Waals surface area contributed by atoms with Gasteiger partial charge < -0.3 is 4.90 Å². The maximum Gasteiger partial charge on any atom is 0.0426 e. The molecule has 1 aliphatic heterocycles. The van der Waals surface area contributed by atoms with Crippen LogP contribution in [0.2, 0.25) is 5.02 Å². The van der Waals surface area contributed by atoms with Crippen LogP contribution >= 0.6 is 27.5 Å². The maximum absolute atomic E-state index is 6.17. The Hall–Kier alpha value is -0.210. The summed E-state index contributed by atoms with van der Waals surface area (Å²) >= 11 is 9.75. The normalized spacial score (nSPS) is 28.5. The Kier molecular flexibility index (Phi) is 4.60. The van der Waals surface area contributed by atoms with Crippen LogP contribution in [-0.4, -0.2) is 12.6 Å². The van der Waals surface area contributed by atoms with E-state index in [1.165, 1.54) is 17.7 Å².